The number of hydrogen-bond acceptors (Lipinski definition) is 2. The number of nitrogens with two attached hydrogens (primary N) is 1. The summed E-state index contributed by atoms with van der Waals surface area (Å²) in [6.07, 6.45) is 0. The average Bonchev–Trinajstić information content (AvgIpc) is 2.24. The van der Waals surface area contributed by atoms with E-state index in [1.807, 2.05) is 0 Å². The van der Waals surface area contributed by atoms with Crippen molar-refractivity contribution < 1.29 is 4.39 Å². The molecular weight excluding hydrogens is 227 g/mol. The molecular formula is C12H18ClFN2. The summed E-state index contributed by atoms with van der Waals surface area (Å²) in [7, 11) is 0. The number of likely N-dealkylation sites (N-methyl/N-ethyl adjacent to an activating group) is 1. The minimum absolute atomic E-state index is 0.0307. The molecule has 1 aromatic rings. The minimum Gasteiger partial charge on any atom is -0.329 e. The highest BCUT2D eigenvalue weighted by molar-refractivity contribution is 6.30. The number of halogens is 2. The van der Waals surface area contributed by atoms with Crippen LogP contribution in [0.15, 0.2) is 18.2 Å². The smallest absolute Gasteiger partial charge is 0.125 e. The maximum Gasteiger partial charge on any atom is 0.125 e. The van der Waals surface area contributed by atoms with Gasteiger partial charge in [0.15, 0.2) is 0 Å². The van der Waals surface area contributed by atoms with Gasteiger partial charge in [-0.15, -0.1) is 0 Å². The molecule has 0 aliphatic heterocycles. The van der Waals surface area contributed by atoms with Crippen molar-refractivity contribution in [2.45, 2.75) is 19.9 Å². The summed E-state index contributed by atoms with van der Waals surface area (Å²) in [6.45, 7) is 6.35. The van der Waals surface area contributed by atoms with Crippen molar-refractivity contribution in [3.05, 3.63) is 34.6 Å². The second-order valence-electron chi connectivity index (χ2n) is 3.68. The number of benzene rings is 1. The van der Waals surface area contributed by atoms with Gasteiger partial charge in [-0.2, -0.15) is 0 Å². The van der Waals surface area contributed by atoms with Gasteiger partial charge in [-0.25, -0.2) is 4.39 Å². The number of hydrogen-bond donors (Lipinski definition) is 1. The van der Waals surface area contributed by atoms with Crippen molar-refractivity contribution >= 4 is 11.6 Å². The molecule has 2 nitrogen and oxygen atoms in total. The zero-order valence-corrected chi connectivity index (χ0v) is 10.5. The lowest BCUT2D eigenvalue weighted by Gasteiger charge is -2.29. The quantitative estimate of drug-likeness (QED) is 0.863. The van der Waals surface area contributed by atoms with E-state index < -0.39 is 0 Å². The van der Waals surface area contributed by atoms with Crippen LogP contribution in [-0.4, -0.2) is 24.5 Å². The molecule has 2 N–H and O–H groups in total. The Balaban J connectivity index is 3.02. The molecule has 0 spiro atoms. The molecule has 90 valence electrons. The molecule has 4 heteroatoms. The number of rotatable bonds is 5. The summed E-state index contributed by atoms with van der Waals surface area (Å²) in [5.41, 5.74) is 6.59. The first-order valence-corrected chi connectivity index (χ1v) is 5.90. The van der Waals surface area contributed by atoms with Gasteiger partial charge in [0.2, 0.25) is 0 Å². The van der Waals surface area contributed by atoms with E-state index in [0.717, 1.165) is 18.7 Å². The van der Waals surface area contributed by atoms with Crippen LogP contribution in [0.1, 0.15) is 25.5 Å². The van der Waals surface area contributed by atoms with Crippen molar-refractivity contribution in [1.29, 1.82) is 0 Å². The highest BCUT2D eigenvalue weighted by Gasteiger charge is 2.17. The molecule has 1 atom stereocenters. The fourth-order valence-corrected chi connectivity index (χ4v) is 2.16. The molecule has 0 fully saturated rings. The van der Waals surface area contributed by atoms with Gasteiger partial charge in [-0.3, -0.25) is 4.90 Å². The van der Waals surface area contributed by atoms with Crippen molar-refractivity contribution in [3.63, 3.8) is 0 Å². The summed E-state index contributed by atoms with van der Waals surface area (Å²) in [6, 6.07) is 4.62. The SMILES string of the molecule is CCN(CC)C(CN)c1cc(F)cc(Cl)c1. The van der Waals surface area contributed by atoms with Crippen LogP contribution < -0.4 is 5.73 Å². The molecule has 1 unspecified atom stereocenters. The Kier molecular flexibility index (Phi) is 5.19. The van der Waals surface area contributed by atoms with Crippen LogP contribution in [0.5, 0.6) is 0 Å². The van der Waals surface area contributed by atoms with Crippen LogP contribution in [0.25, 0.3) is 0 Å². The molecule has 16 heavy (non-hydrogen) atoms. The Morgan fingerprint density at radius 1 is 1.31 bits per heavy atom. The fraction of sp³-hybridized carbons (Fsp3) is 0.500. The van der Waals surface area contributed by atoms with Gasteiger partial charge in [0, 0.05) is 17.6 Å². The van der Waals surface area contributed by atoms with E-state index in [1.165, 1.54) is 12.1 Å². The third-order valence-electron chi connectivity index (χ3n) is 2.75. The normalized spacial score (nSPS) is 13.1. The Bertz CT molecular complexity index is 320. The Morgan fingerprint density at radius 3 is 2.38 bits per heavy atom. The molecule has 0 radical (unpaired) electrons. The average molecular weight is 245 g/mol. The minimum atomic E-state index is -0.312. The van der Waals surface area contributed by atoms with Gasteiger partial charge in [-0.05, 0) is 36.9 Å². The Labute approximate surface area is 101 Å². The van der Waals surface area contributed by atoms with Gasteiger partial charge in [0.05, 0.1) is 0 Å². The molecule has 0 aliphatic carbocycles. The molecule has 0 heterocycles. The van der Waals surface area contributed by atoms with Gasteiger partial charge >= 0.3 is 0 Å². The summed E-state index contributed by atoms with van der Waals surface area (Å²) in [5.74, 6) is -0.312. The zero-order valence-electron chi connectivity index (χ0n) is 9.71. The lowest BCUT2D eigenvalue weighted by molar-refractivity contribution is 0.223. The first-order chi connectivity index (χ1) is 7.62. The van der Waals surface area contributed by atoms with Crippen LogP contribution in [0.3, 0.4) is 0 Å². The maximum atomic E-state index is 13.3. The molecule has 1 aromatic carbocycles. The van der Waals surface area contributed by atoms with E-state index in [9.17, 15) is 4.39 Å². The Morgan fingerprint density at radius 2 is 1.94 bits per heavy atom. The van der Waals surface area contributed by atoms with Crippen LogP contribution in [-0.2, 0) is 0 Å². The standard InChI is InChI=1S/C12H18ClFN2/c1-3-16(4-2)12(8-15)9-5-10(13)7-11(14)6-9/h5-7,12H,3-4,8,15H2,1-2H3. The molecule has 0 saturated carbocycles. The van der Waals surface area contributed by atoms with E-state index >= 15 is 0 Å². The van der Waals surface area contributed by atoms with Crippen LogP contribution in [0, 0.1) is 5.82 Å². The van der Waals surface area contributed by atoms with Gasteiger partial charge in [0.25, 0.3) is 0 Å². The van der Waals surface area contributed by atoms with Crippen molar-refractivity contribution in [2.75, 3.05) is 19.6 Å². The summed E-state index contributed by atoms with van der Waals surface area (Å²) in [5, 5.41) is 0.417. The van der Waals surface area contributed by atoms with E-state index in [-0.39, 0.29) is 11.9 Å². The maximum absolute atomic E-state index is 13.3. The van der Waals surface area contributed by atoms with Crippen molar-refractivity contribution in [3.8, 4) is 0 Å². The highest BCUT2D eigenvalue weighted by Crippen LogP contribution is 2.23. The van der Waals surface area contributed by atoms with E-state index in [2.05, 4.69) is 18.7 Å². The van der Waals surface area contributed by atoms with Gasteiger partial charge < -0.3 is 5.73 Å². The highest BCUT2D eigenvalue weighted by atomic mass is 35.5. The second kappa shape index (κ2) is 6.18. The molecule has 0 amide bonds. The van der Waals surface area contributed by atoms with Crippen LogP contribution in [0.2, 0.25) is 5.02 Å². The van der Waals surface area contributed by atoms with E-state index in [1.54, 1.807) is 6.07 Å². The van der Waals surface area contributed by atoms with Crippen molar-refractivity contribution in [2.24, 2.45) is 5.73 Å². The monoisotopic (exact) mass is 244 g/mol. The van der Waals surface area contributed by atoms with Gasteiger partial charge in [-0.1, -0.05) is 25.4 Å². The fourth-order valence-electron chi connectivity index (χ4n) is 1.93. The first kappa shape index (κ1) is 13.4. The third-order valence-corrected chi connectivity index (χ3v) is 2.96. The lowest BCUT2D eigenvalue weighted by Crippen LogP contribution is -2.33. The topological polar surface area (TPSA) is 29.3 Å². The molecule has 0 aromatic heterocycles. The summed E-state index contributed by atoms with van der Waals surface area (Å²) >= 11 is 5.84. The third kappa shape index (κ3) is 3.17. The Hall–Kier alpha value is -0.640. The van der Waals surface area contributed by atoms with Gasteiger partial charge in [0.1, 0.15) is 5.82 Å². The predicted octanol–water partition coefficient (Wildman–Crippen LogP) is 2.82. The van der Waals surface area contributed by atoms with Crippen LogP contribution >= 0.6 is 11.6 Å². The largest absolute Gasteiger partial charge is 0.329 e. The van der Waals surface area contributed by atoms with E-state index in [0.29, 0.717) is 11.6 Å². The summed E-state index contributed by atoms with van der Waals surface area (Å²) in [4.78, 5) is 2.19. The second-order valence-corrected chi connectivity index (χ2v) is 4.11. The molecule has 1 rings (SSSR count). The van der Waals surface area contributed by atoms with E-state index in [4.69, 9.17) is 17.3 Å². The molecule has 0 saturated heterocycles. The molecule has 0 bridgehead atoms. The predicted molar refractivity (Wildman–Crippen MR) is 66.1 cm³/mol. The number of nitrogens with zero attached hydrogens (tertiary/aromatic N) is 1. The first-order valence-electron chi connectivity index (χ1n) is 5.52. The summed E-state index contributed by atoms with van der Waals surface area (Å²) < 4.78 is 13.3. The zero-order chi connectivity index (χ0) is 12.1. The van der Waals surface area contributed by atoms with Crippen molar-refractivity contribution in [1.82, 2.24) is 4.90 Å². The van der Waals surface area contributed by atoms with Crippen LogP contribution in [0.4, 0.5) is 4.39 Å². The lowest BCUT2D eigenvalue weighted by atomic mass is 10.1. The molecule has 0 aliphatic rings.